The Labute approximate surface area is 160 Å². The molecule has 1 unspecified atom stereocenters. The van der Waals surface area contributed by atoms with Crippen molar-refractivity contribution in [3.8, 4) is 0 Å². The van der Waals surface area contributed by atoms with E-state index in [1.807, 2.05) is 0 Å². The second-order valence-electron chi connectivity index (χ2n) is 7.29. The molecule has 2 saturated heterocycles. The summed E-state index contributed by atoms with van der Waals surface area (Å²) in [6.45, 7) is 2.62. The molecule has 28 heavy (non-hydrogen) atoms. The third kappa shape index (κ3) is 3.31. The second kappa shape index (κ2) is 6.87. The Morgan fingerprint density at radius 2 is 1.89 bits per heavy atom. The summed E-state index contributed by atoms with van der Waals surface area (Å²) in [5.74, 6) is -0.941. The van der Waals surface area contributed by atoms with Crippen LogP contribution in [0.5, 0.6) is 0 Å². The van der Waals surface area contributed by atoms with Gasteiger partial charge in [-0.05, 0) is 49.7 Å². The van der Waals surface area contributed by atoms with Crippen molar-refractivity contribution in [2.75, 3.05) is 31.1 Å². The van der Waals surface area contributed by atoms with Gasteiger partial charge in [-0.2, -0.15) is 0 Å². The van der Waals surface area contributed by atoms with Gasteiger partial charge in [-0.25, -0.2) is 4.39 Å². The van der Waals surface area contributed by atoms with Gasteiger partial charge in [0.25, 0.3) is 17.4 Å². The van der Waals surface area contributed by atoms with Crippen LogP contribution in [0.25, 0.3) is 0 Å². The van der Waals surface area contributed by atoms with Crippen molar-refractivity contribution in [1.82, 2.24) is 9.88 Å². The van der Waals surface area contributed by atoms with E-state index in [9.17, 15) is 18.8 Å². The summed E-state index contributed by atoms with van der Waals surface area (Å²) in [6.07, 6.45) is 0.549. The molecule has 1 aromatic carbocycles. The smallest absolute Gasteiger partial charge is 0.260 e. The van der Waals surface area contributed by atoms with Crippen molar-refractivity contribution in [3.63, 3.8) is 0 Å². The number of likely N-dealkylation sites (tertiary alicyclic amines) is 1. The molecule has 0 aliphatic carbocycles. The number of carbonyl (C=O) groups excluding carboxylic acids is 2. The van der Waals surface area contributed by atoms with Crippen LogP contribution in [-0.2, 0) is 9.53 Å². The molecule has 1 aromatic heterocycles. The lowest BCUT2D eigenvalue weighted by Gasteiger charge is -2.40. The van der Waals surface area contributed by atoms with Crippen molar-refractivity contribution in [2.24, 2.45) is 0 Å². The van der Waals surface area contributed by atoms with Gasteiger partial charge in [0, 0.05) is 17.9 Å². The summed E-state index contributed by atoms with van der Waals surface area (Å²) >= 11 is 0. The molecular formula is C20H20FN3O4. The molecule has 2 aliphatic heterocycles. The van der Waals surface area contributed by atoms with Crippen LogP contribution in [0.2, 0.25) is 0 Å². The van der Waals surface area contributed by atoms with Crippen molar-refractivity contribution in [1.29, 1.82) is 0 Å². The largest absolute Gasteiger partial charge is 0.361 e. The second-order valence-corrected chi connectivity index (χ2v) is 7.29. The normalized spacial score (nSPS) is 22.1. The number of ether oxygens (including phenoxy) is 1. The highest BCUT2D eigenvalue weighted by atomic mass is 19.1. The number of anilines is 1. The number of nitrogens with zero attached hydrogens (tertiary/aromatic N) is 2. The van der Waals surface area contributed by atoms with E-state index in [0.29, 0.717) is 24.3 Å². The number of hydrogen-bond donors (Lipinski definition) is 1. The van der Waals surface area contributed by atoms with Gasteiger partial charge in [0.05, 0.1) is 13.1 Å². The van der Waals surface area contributed by atoms with Gasteiger partial charge in [-0.15, -0.1) is 0 Å². The molecule has 2 amide bonds. The number of halogens is 1. The maximum absolute atomic E-state index is 13.2. The van der Waals surface area contributed by atoms with E-state index in [0.717, 1.165) is 0 Å². The lowest BCUT2D eigenvalue weighted by Crippen LogP contribution is -2.56. The Hall–Kier alpha value is -3.00. The van der Waals surface area contributed by atoms with E-state index in [4.69, 9.17) is 4.74 Å². The quantitative estimate of drug-likeness (QED) is 0.849. The number of aryl methyl sites for hydroxylation is 1. The van der Waals surface area contributed by atoms with E-state index in [2.05, 4.69) is 4.98 Å². The fourth-order valence-electron chi connectivity index (χ4n) is 3.75. The minimum Gasteiger partial charge on any atom is -0.361 e. The monoisotopic (exact) mass is 385 g/mol. The SMILES string of the molecule is Cc1ccc(C(=O)N2CCC3(C2)CN(c2ccc(F)cc2)C(=O)CO3)c(=O)[nH]1. The summed E-state index contributed by atoms with van der Waals surface area (Å²) < 4.78 is 19.0. The number of aromatic amines is 1. The van der Waals surface area contributed by atoms with Gasteiger partial charge in [0.15, 0.2) is 0 Å². The zero-order valence-corrected chi connectivity index (χ0v) is 15.4. The molecule has 4 rings (SSSR count). The Morgan fingerprint density at radius 3 is 2.61 bits per heavy atom. The number of nitrogens with one attached hydrogen (secondary N) is 1. The van der Waals surface area contributed by atoms with Crippen LogP contribution in [-0.4, -0.2) is 53.5 Å². The van der Waals surface area contributed by atoms with Crippen LogP contribution < -0.4 is 10.5 Å². The average Bonchev–Trinajstić information content (AvgIpc) is 3.08. The highest BCUT2D eigenvalue weighted by Crippen LogP contribution is 2.32. The lowest BCUT2D eigenvalue weighted by molar-refractivity contribution is -0.137. The number of aromatic nitrogens is 1. The number of amides is 2. The van der Waals surface area contributed by atoms with E-state index >= 15 is 0 Å². The molecule has 1 atom stereocenters. The molecule has 7 nitrogen and oxygen atoms in total. The van der Waals surface area contributed by atoms with Crippen LogP contribution in [0.4, 0.5) is 10.1 Å². The van der Waals surface area contributed by atoms with Gasteiger partial charge in [-0.1, -0.05) is 0 Å². The molecule has 2 fully saturated rings. The number of hydrogen-bond acceptors (Lipinski definition) is 4. The summed E-state index contributed by atoms with van der Waals surface area (Å²) in [5, 5.41) is 0. The first-order valence-electron chi connectivity index (χ1n) is 9.06. The van der Waals surface area contributed by atoms with Crippen molar-refractivity contribution < 1.29 is 18.7 Å². The highest BCUT2D eigenvalue weighted by Gasteiger charge is 2.47. The van der Waals surface area contributed by atoms with Gasteiger partial charge in [-0.3, -0.25) is 14.4 Å². The Kier molecular flexibility index (Phi) is 4.50. The number of benzene rings is 1. The molecule has 3 heterocycles. The molecule has 1 spiro atoms. The molecule has 8 heteroatoms. The predicted molar refractivity (Wildman–Crippen MR) is 99.8 cm³/mol. The molecule has 1 N–H and O–H groups in total. The minimum absolute atomic E-state index is 0.0879. The third-order valence-electron chi connectivity index (χ3n) is 5.28. The molecule has 2 aliphatic rings. The van der Waals surface area contributed by atoms with Crippen molar-refractivity contribution in [3.05, 3.63) is 63.8 Å². The first kappa shape index (κ1) is 18.4. The van der Waals surface area contributed by atoms with Crippen molar-refractivity contribution >= 4 is 17.5 Å². The first-order valence-corrected chi connectivity index (χ1v) is 9.06. The average molecular weight is 385 g/mol. The van der Waals surface area contributed by atoms with Crippen LogP contribution >= 0.6 is 0 Å². The Morgan fingerprint density at radius 1 is 1.14 bits per heavy atom. The Bertz CT molecular complexity index is 988. The first-order chi connectivity index (χ1) is 13.4. The minimum atomic E-state index is -0.699. The van der Waals surface area contributed by atoms with Gasteiger partial charge < -0.3 is 19.5 Å². The number of rotatable bonds is 2. The molecule has 0 radical (unpaired) electrons. The highest BCUT2D eigenvalue weighted by molar-refractivity contribution is 5.96. The number of carbonyl (C=O) groups is 2. The third-order valence-corrected chi connectivity index (χ3v) is 5.28. The van der Waals surface area contributed by atoms with Crippen LogP contribution in [0.1, 0.15) is 22.5 Å². The zero-order chi connectivity index (χ0) is 19.9. The molecule has 2 aromatic rings. The number of morpholine rings is 1. The van der Waals surface area contributed by atoms with E-state index in [1.165, 1.54) is 18.2 Å². The lowest BCUT2D eigenvalue weighted by atomic mass is 10.00. The van der Waals surface area contributed by atoms with E-state index in [-0.39, 0.29) is 42.9 Å². The molecule has 146 valence electrons. The summed E-state index contributed by atoms with van der Waals surface area (Å²) in [5.41, 5.74) is 0.246. The fourth-order valence-corrected chi connectivity index (χ4v) is 3.75. The maximum Gasteiger partial charge on any atom is 0.260 e. The van der Waals surface area contributed by atoms with Gasteiger partial charge in [0.2, 0.25) is 0 Å². The van der Waals surface area contributed by atoms with Crippen LogP contribution in [0, 0.1) is 12.7 Å². The van der Waals surface area contributed by atoms with E-state index in [1.54, 1.807) is 34.9 Å². The van der Waals surface area contributed by atoms with E-state index < -0.39 is 11.2 Å². The maximum atomic E-state index is 13.2. The fraction of sp³-hybridized carbons (Fsp3) is 0.350. The van der Waals surface area contributed by atoms with Gasteiger partial charge >= 0.3 is 0 Å². The summed E-state index contributed by atoms with van der Waals surface area (Å²) in [4.78, 5) is 43.0. The molecule has 0 bridgehead atoms. The predicted octanol–water partition coefficient (Wildman–Crippen LogP) is 1.47. The number of pyridine rings is 1. The van der Waals surface area contributed by atoms with Crippen molar-refractivity contribution in [2.45, 2.75) is 18.9 Å². The molecule has 0 saturated carbocycles. The standard InChI is InChI=1S/C20H20FN3O4/c1-13-2-7-16(18(26)22-13)19(27)23-9-8-20(11-23)12-24(17(25)10-28-20)15-5-3-14(21)4-6-15/h2-7H,8-12H2,1H3,(H,22,26). The summed E-state index contributed by atoms with van der Waals surface area (Å²) in [6, 6.07) is 8.92. The summed E-state index contributed by atoms with van der Waals surface area (Å²) in [7, 11) is 0. The molecular weight excluding hydrogens is 365 g/mol. The Balaban J connectivity index is 1.53. The van der Waals surface area contributed by atoms with Crippen LogP contribution in [0.3, 0.4) is 0 Å². The number of H-pyrrole nitrogens is 1. The van der Waals surface area contributed by atoms with Crippen LogP contribution in [0.15, 0.2) is 41.2 Å². The zero-order valence-electron chi connectivity index (χ0n) is 15.4. The topological polar surface area (TPSA) is 82.7 Å². The van der Waals surface area contributed by atoms with Gasteiger partial charge in [0.1, 0.15) is 23.6 Å².